The van der Waals surface area contributed by atoms with Crippen LogP contribution in [-0.4, -0.2) is 24.6 Å². The molecular formula is C13H16N2O2. The molecule has 1 aliphatic heterocycles. The van der Waals surface area contributed by atoms with E-state index < -0.39 is 0 Å². The number of hydrogen-bond acceptors (Lipinski definition) is 3. The van der Waals surface area contributed by atoms with Crippen molar-refractivity contribution in [3.8, 4) is 5.75 Å². The Labute approximate surface area is 101 Å². The third-order valence-corrected chi connectivity index (χ3v) is 2.59. The Morgan fingerprint density at radius 1 is 1.53 bits per heavy atom. The molecule has 4 nitrogen and oxygen atoms in total. The smallest absolute Gasteiger partial charge is 0.250 e. The van der Waals surface area contributed by atoms with Gasteiger partial charge in [0, 0.05) is 23.4 Å². The van der Waals surface area contributed by atoms with Gasteiger partial charge >= 0.3 is 0 Å². The minimum Gasteiger partial charge on any atom is -0.478 e. The Balaban J connectivity index is 2.18. The van der Waals surface area contributed by atoms with Crippen molar-refractivity contribution < 1.29 is 9.53 Å². The number of anilines is 1. The summed E-state index contributed by atoms with van der Waals surface area (Å²) in [5.74, 6) is 0.728. The first-order chi connectivity index (χ1) is 8.06. The third-order valence-electron chi connectivity index (χ3n) is 2.59. The highest BCUT2D eigenvalue weighted by atomic mass is 16.5. The van der Waals surface area contributed by atoms with Crippen molar-refractivity contribution in [3.63, 3.8) is 0 Å². The van der Waals surface area contributed by atoms with Crippen molar-refractivity contribution in [3.05, 3.63) is 35.9 Å². The molecule has 1 amide bonds. The van der Waals surface area contributed by atoms with E-state index in [0.717, 1.165) is 23.5 Å². The molecule has 17 heavy (non-hydrogen) atoms. The van der Waals surface area contributed by atoms with Gasteiger partial charge in [0.25, 0.3) is 5.91 Å². The maximum atomic E-state index is 11.5. The molecule has 0 saturated carbocycles. The Morgan fingerprint density at radius 3 is 3.00 bits per heavy atom. The standard InChI is InChI=1S/C13H16N2O2/c1-9(2)13(16)14-11-4-5-12-10(6-11)7-15(3)8-17-12/h4-6H,1,7-8H2,2-3H3,(H,14,16). The van der Waals surface area contributed by atoms with Gasteiger partial charge in [0.15, 0.2) is 0 Å². The van der Waals surface area contributed by atoms with E-state index >= 15 is 0 Å². The minimum absolute atomic E-state index is 0.157. The summed E-state index contributed by atoms with van der Waals surface area (Å²) in [6.07, 6.45) is 0. The molecule has 0 aromatic heterocycles. The van der Waals surface area contributed by atoms with Gasteiger partial charge in [-0.05, 0) is 32.2 Å². The number of nitrogens with one attached hydrogen (secondary N) is 1. The van der Waals surface area contributed by atoms with Crippen molar-refractivity contribution in [1.29, 1.82) is 0 Å². The fourth-order valence-electron chi connectivity index (χ4n) is 1.68. The monoisotopic (exact) mass is 232 g/mol. The van der Waals surface area contributed by atoms with Crippen LogP contribution in [0.2, 0.25) is 0 Å². The first-order valence-corrected chi connectivity index (χ1v) is 5.47. The molecule has 1 N–H and O–H groups in total. The summed E-state index contributed by atoms with van der Waals surface area (Å²) in [5.41, 5.74) is 2.35. The maximum absolute atomic E-state index is 11.5. The Morgan fingerprint density at radius 2 is 2.29 bits per heavy atom. The van der Waals surface area contributed by atoms with Crippen LogP contribution >= 0.6 is 0 Å². The number of ether oxygens (including phenoxy) is 1. The number of hydrogen-bond donors (Lipinski definition) is 1. The quantitative estimate of drug-likeness (QED) is 0.793. The van der Waals surface area contributed by atoms with Crippen LogP contribution in [0.5, 0.6) is 5.75 Å². The summed E-state index contributed by atoms with van der Waals surface area (Å²) >= 11 is 0. The molecule has 1 aliphatic rings. The average Bonchev–Trinajstić information content (AvgIpc) is 2.28. The van der Waals surface area contributed by atoms with Gasteiger partial charge in [0.2, 0.25) is 0 Å². The Hall–Kier alpha value is -1.81. The highest BCUT2D eigenvalue weighted by Gasteiger charge is 2.14. The maximum Gasteiger partial charge on any atom is 0.250 e. The van der Waals surface area contributed by atoms with Crippen LogP contribution in [-0.2, 0) is 11.3 Å². The largest absolute Gasteiger partial charge is 0.478 e. The van der Waals surface area contributed by atoms with Crippen molar-refractivity contribution in [2.75, 3.05) is 19.1 Å². The van der Waals surface area contributed by atoms with E-state index in [9.17, 15) is 4.79 Å². The summed E-state index contributed by atoms with van der Waals surface area (Å²) in [7, 11) is 1.99. The van der Waals surface area contributed by atoms with E-state index in [1.54, 1.807) is 6.92 Å². The predicted molar refractivity (Wildman–Crippen MR) is 66.8 cm³/mol. The van der Waals surface area contributed by atoms with Gasteiger partial charge in [-0.15, -0.1) is 0 Å². The first-order valence-electron chi connectivity index (χ1n) is 5.47. The van der Waals surface area contributed by atoms with Gasteiger partial charge in [0.1, 0.15) is 12.5 Å². The second kappa shape index (κ2) is 4.59. The molecular weight excluding hydrogens is 216 g/mol. The van der Waals surface area contributed by atoms with Crippen LogP contribution in [0.15, 0.2) is 30.4 Å². The number of rotatable bonds is 2. The molecule has 90 valence electrons. The average molecular weight is 232 g/mol. The molecule has 0 spiro atoms. The molecule has 1 aromatic carbocycles. The number of nitrogens with zero attached hydrogens (tertiary/aromatic N) is 1. The second-order valence-corrected chi connectivity index (χ2v) is 4.34. The van der Waals surface area contributed by atoms with Gasteiger partial charge in [-0.1, -0.05) is 6.58 Å². The minimum atomic E-state index is -0.157. The van der Waals surface area contributed by atoms with Crippen molar-refractivity contribution in [2.45, 2.75) is 13.5 Å². The van der Waals surface area contributed by atoms with E-state index in [1.165, 1.54) is 0 Å². The summed E-state index contributed by atoms with van der Waals surface area (Å²) in [5, 5.41) is 2.79. The highest BCUT2D eigenvalue weighted by Crippen LogP contribution is 2.27. The molecule has 0 atom stereocenters. The molecule has 0 unspecified atom stereocenters. The lowest BCUT2D eigenvalue weighted by Gasteiger charge is -2.25. The first kappa shape index (κ1) is 11.7. The number of benzene rings is 1. The van der Waals surface area contributed by atoms with Gasteiger partial charge in [-0.2, -0.15) is 0 Å². The van der Waals surface area contributed by atoms with Gasteiger partial charge < -0.3 is 10.1 Å². The van der Waals surface area contributed by atoms with E-state index in [0.29, 0.717) is 12.3 Å². The molecule has 0 bridgehead atoms. The lowest BCUT2D eigenvalue weighted by atomic mass is 10.1. The molecule has 2 rings (SSSR count). The summed E-state index contributed by atoms with van der Waals surface area (Å²) in [6.45, 7) is 6.72. The molecule has 4 heteroatoms. The molecule has 0 radical (unpaired) electrons. The summed E-state index contributed by atoms with van der Waals surface area (Å²) < 4.78 is 5.54. The van der Waals surface area contributed by atoms with Crippen molar-refractivity contribution in [2.24, 2.45) is 0 Å². The normalized spacial score (nSPS) is 14.7. The third kappa shape index (κ3) is 2.65. The van der Waals surface area contributed by atoms with Crippen molar-refractivity contribution in [1.82, 2.24) is 4.90 Å². The van der Waals surface area contributed by atoms with E-state index in [4.69, 9.17) is 4.74 Å². The van der Waals surface area contributed by atoms with E-state index in [1.807, 2.05) is 25.2 Å². The molecule has 0 fully saturated rings. The molecule has 1 aromatic rings. The van der Waals surface area contributed by atoms with E-state index in [2.05, 4.69) is 16.8 Å². The van der Waals surface area contributed by atoms with Crippen LogP contribution in [0.3, 0.4) is 0 Å². The summed E-state index contributed by atoms with van der Waals surface area (Å²) in [6, 6.07) is 5.66. The number of fused-ring (bicyclic) bond motifs is 1. The van der Waals surface area contributed by atoms with Crippen LogP contribution in [0, 0.1) is 0 Å². The number of carbonyl (C=O) groups excluding carboxylic acids is 1. The Bertz CT molecular complexity index is 468. The fraction of sp³-hybridized carbons (Fsp3) is 0.308. The van der Waals surface area contributed by atoms with Gasteiger partial charge in [-0.25, -0.2) is 0 Å². The van der Waals surface area contributed by atoms with Gasteiger partial charge in [-0.3, -0.25) is 9.69 Å². The summed E-state index contributed by atoms with van der Waals surface area (Å²) in [4.78, 5) is 13.6. The number of carbonyl (C=O) groups is 1. The lowest BCUT2D eigenvalue weighted by Crippen LogP contribution is -2.28. The van der Waals surface area contributed by atoms with Crippen molar-refractivity contribution >= 4 is 11.6 Å². The van der Waals surface area contributed by atoms with Gasteiger partial charge in [0.05, 0.1) is 0 Å². The molecule has 0 aliphatic carbocycles. The SMILES string of the molecule is C=C(C)C(=O)Nc1ccc2c(c1)CN(C)CO2. The highest BCUT2D eigenvalue weighted by molar-refractivity contribution is 6.02. The second-order valence-electron chi connectivity index (χ2n) is 4.34. The zero-order chi connectivity index (χ0) is 12.4. The van der Waals surface area contributed by atoms with Crippen LogP contribution in [0.4, 0.5) is 5.69 Å². The molecule has 0 saturated heterocycles. The van der Waals surface area contributed by atoms with Crippen LogP contribution in [0.1, 0.15) is 12.5 Å². The predicted octanol–water partition coefficient (Wildman–Crippen LogP) is 1.98. The zero-order valence-electron chi connectivity index (χ0n) is 10.1. The Kier molecular flexibility index (Phi) is 3.15. The van der Waals surface area contributed by atoms with E-state index in [-0.39, 0.29) is 5.91 Å². The lowest BCUT2D eigenvalue weighted by molar-refractivity contribution is -0.112. The molecule has 1 heterocycles. The van der Waals surface area contributed by atoms with Crippen LogP contribution < -0.4 is 10.1 Å². The zero-order valence-corrected chi connectivity index (χ0v) is 10.1. The number of amides is 1. The fourth-order valence-corrected chi connectivity index (χ4v) is 1.68. The topological polar surface area (TPSA) is 41.6 Å². The van der Waals surface area contributed by atoms with Crippen LogP contribution in [0.25, 0.3) is 0 Å².